The lowest BCUT2D eigenvalue weighted by Crippen LogP contribution is -2.57. The van der Waals surface area contributed by atoms with E-state index in [1.54, 1.807) is 0 Å². The monoisotopic (exact) mass is 227 g/mol. The third kappa shape index (κ3) is 2.86. The lowest BCUT2D eigenvalue weighted by Gasteiger charge is -2.44. The number of carbonyl (C=O) groups is 1. The van der Waals surface area contributed by atoms with E-state index in [0.717, 1.165) is 39.1 Å². The molecule has 2 N–H and O–H groups in total. The van der Waals surface area contributed by atoms with E-state index in [1.807, 2.05) is 6.92 Å². The van der Waals surface area contributed by atoms with Gasteiger partial charge in [-0.05, 0) is 19.8 Å². The van der Waals surface area contributed by atoms with Gasteiger partial charge in [0, 0.05) is 31.7 Å². The molecule has 0 aromatic heterocycles. The molecule has 16 heavy (non-hydrogen) atoms. The van der Waals surface area contributed by atoms with Crippen molar-refractivity contribution in [3.63, 3.8) is 0 Å². The molecule has 1 aliphatic heterocycles. The maximum atomic E-state index is 11.3. The Morgan fingerprint density at radius 2 is 2.06 bits per heavy atom. The van der Waals surface area contributed by atoms with Crippen molar-refractivity contribution in [1.82, 2.24) is 15.5 Å². The number of morpholine rings is 1. The van der Waals surface area contributed by atoms with Crippen molar-refractivity contribution in [2.24, 2.45) is 0 Å². The van der Waals surface area contributed by atoms with Gasteiger partial charge in [0.1, 0.15) is 0 Å². The van der Waals surface area contributed by atoms with E-state index in [1.165, 1.54) is 0 Å². The summed E-state index contributed by atoms with van der Waals surface area (Å²) in [7, 11) is 0. The van der Waals surface area contributed by atoms with E-state index in [4.69, 9.17) is 4.74 Å². The van der Waals surface area contributed by atoms with Crippen molar-refractivity contribution in [3.05, 3.63) is 0 Å². The quantitative estimate of drug-likeness (QED) is 0.722. The Labute approximate surface area is 96.5 Å². The SMILES string of the molecule is CCNC(=O)NC1CC(N2CCOCC2)C1. The van der Waals surface area contributed by atoms with Crippen LogP contribution < -0.4 is 10.6 Å². The van der Waals surface area contributed by atoms with Crippen LogP contribution in [0.1, 0.15) is 19.8 Å². The van der Waals surface area contributed by atoms with Gasteiger partial charge in [-0.15, -0.1) is 0 Å². The number of ether oxygens (including phenoxy) is 1. The standard InChI is InChI=1S/C11H21N3O2/c1-2-12-11(15)13-9-7-10(8-9)14-3-5-16-6-4-14/h9-10H,2-8H2,1H3,(H2,12,13,15). The Bertz CT molecular complexity index is 235. The summed E-state index contributed by atoms with van der Waals surface area (Å²) in [5.74, 6) is 0. The Kier molecular flexibility index (Phi) is 4.01. The van der Waals surface area contributed by atoms with Crippen LogP contribution in [0.15, 0.2) is 0 Å². The Morgan fingerprint density at radius 1 is 1.38 bits per heavy atom. The first-order valence-electron chi connectivity index (χ1n) is 6.15. The van der Waals surface area contributed by atoms with Gasteiger partial charge in [-0.3, -0.25) is 4.90 Å². The van der Waals surface area contributed by atoms with Gasteiger partial charge in [0.25, 0.3) is 0 Å². The minimum Gasteiger partial charge on any atom is -0.379 e. The fraction of sp³-hybridized carbons (Fsp3) is 0.909. The minimum absolute atomic E-state index is 0.0343. The number of amides is 2. The molecule has 0 aromatic carbocycles. The largest absolute Gasteiger partial charge is 0.379 e. The average Bonchev–Trinajstić information content (AvgIpc) is 2.24. The molecule has 5 nitrogen and oxygen atoms in total. The van der Waals surface area contributed by atoms with E-state index in [2.05, 4.69) is 15.5 Å². The zero-order valence-electron chi connectivity index (χ0n) is 9.87. The van der Waals surface area contributed by atoms with Crippen molar-refractivity contribution in [1.29, 1.82) is 0 Å². The predicted octanol–water partition coefficient (Wildman–Crippen LogP) is 0.169. The van der Waals surface area contributed by atoms with Crippen LogP contribution in [0.25, 0.3) is 0 Å². The summed E-state index contributed by atoms with van der Waals surface area (Å²) in [6, 6.07) is 0.975. The maximum Gasteiger partial charge on any atom is 0.314 e. The number of carbonyl (C=O) groups excluding carboxylic acids is 1. The normalized spacial score (nSPS) is 30.6. The Balaban J connectivity index is 1.63. The van der Waals surface area contributed by atoms with Gasteiger partial charge in [0.05, 0.1) is 13.2 Å². The van der Waals surface area contributed by atoms with Crippen molar-refractivity contribution in [3.8, 4) is 0 Å². The van der Waals surface area contributed by atoms with E-state index in [0.29, 0.717) is 18.6 Å². The van der Waals surface area contributed by atoms with E-state index in [-0.39, 0.29) is 6.03 Å². The molecule has 2 fully saturated rings. The molecule has 1 saturated heterocycles. The molecule has 0 unspecified atom stereocenters. The number of hydrogen-bond donors (Lipinski definition) is 2. The van der Waals surface area contributed by atoms with Gasteiger partial charge in [-0.1, -0.05) is 0 Å². The molecular weight excluding hydrogens is 206 g/mol. The van der Waals surface area contributed by atoms with Gasteiger partial charge in [0.2, 0.25) is 0 Å². The first-order valence-corrected chi connectivity index (χ1v) is 6.15. The first-order chi connectivity index (χ1) is 7.79. The molecule has 2 aliphatic rings. The molecule has 0 aromatic rings. The molecule has 92 valence electrons. The highest BCUT2D eigenvalue weighted by atomic mass is 16.5. The third-order valence-electron chi connectivity index (χ3n) is 3.35. The topological polar surface area (TPSA) is 53.6 Å². The molecule has 1 aliphatic carbocycles. The lowest BCUT2D eigenvalue weighted by molar-refractivity contribution is -0.00875. The molecule has 2 amide bonds. The average molecular weight is 227 g/mol. The third-order valence-corrected chi connectivity index (χ3v) is 3.35. The van der Waals surface area contributed by atoms with E-state index in [9.17, 15) is 4.79 Å². The summed E-state index contributed by atoms with van der Waals surface area (Å²) >= 11 is 0. The Morgan fingerprint density at radius 3 is 2.69 bits per heavy atom. The zero-order chi connectivity index (χ0) is 11.4. The molecule has 1 saturated carbocycles. The van der Waals surface area contributed by atoms with Crippen LogP contribution in [0.3, 0.4) is 0 Å². The van der Waals surface area contributed by atoms with Crippen molar-refractivity contribution in [2.75, 3.05) is 32.8 Å². The van der Waals surface area contributed by atoms with Crippen LogP contribution >= 0.6 is 0 Å². The van der Waals surface area contributed by atoms with Gasteiger partial charge in [0.15, 0.2) is 0 Å². The summed E-state index contributed by atoms with van der Waals surface area (Å²) < 4.78 is 5.32. The minimum atomic E-state index is -0.0343. The van der Waals surface area contributed by atoms with E-state index >= 15 is 0 Å². The van der Waals surface area contributed by atoms with E-state index < -0.39 is 0 Å². The smallest absolute Gasteiger partial charge is 0.314 e. The fourth-order valence-corrected chi connectivity index (χ4v) is 2.34. The second-order valence-corrected chi connectivity index (χ2v) is 4.47. The second-order valence-electron chi connectivity index (χ2n) is 4.47. The highest BCUT2D eigenvalue weighted by Gasteiger charge is 2.34. The van der Waals surface area contributed by atoms with Crippen LogP contribution in [0.5, 0.6) is 0 Å². The van der Waals surface area contributed by atoms with Gasteiger partial charge >= 0.3 is 6.03 Å². The van der Waals surface area contributed by atoms with Gasteiger partial charge < -0.3 is 15.4 Å². The van der Waals surface area contributed by atoms with Crippen molar-refractivity contribution < 1.29 is 9.53 Å². The number of nitrogens with one attached hydrogen (secondary N) is 2. The molecule has 5 heteroatoms. The van der Waals surface area contributed by atoms with Crippen molar-refractivity contribution >= 4 is 6.03 Å². The highest BCUT2D eigenvalue weighted by molar-refractivity contribution is 5.74. The van der Waals surface area contributed by atoms with Gasteiger partial charge in [-0.25, -0.2) is 4.79 Å². The summed E-state index contributed by atoms with van der Waals surface area (Å²) in [6.07, 6.45) is 2.16. The molecule has 0 radical (unpaired) electrons. The zero-order valence-corrected chi connectivity index (χ0v) is 9.87. The van der Waals surface area contributed by atoms with Crippen LogP contribution in [0.4, 0.5) is 4.79 Å². The highest BCUT2D eigenvalue weighted by Crippen LogP contribution is 2.26. The predicted molar refractivity (Wildman–Crippen MR) is 61.4 cm³/mol. The number of nitrogens with zero attached hydrogens (tertiary/aromatic N) is 1. The number of hydrogen-bond acceptors (Lipinski definition) is 3. The lowest BCUT2D eigenvalue weighted by atomic mass is 9.85. The van der Waals surface area contributed by atoms with Gasteiger partial charge in [-0.2, -0.15) is 0 Å². The summed E-state index contributed by atoms with van der Waals surface area (Å²) in [6.45, 7) is 6.40. The Hall–Kier alpha value is -0.810. The molecular formula is C11H21N3O2. The first kappa shape index (κ1) is 11.7. The number of rotatable bonds is 3. The van der Waals surface area contributed by atoms with Crippen LogP contribution in [-0.2, 0) is 4.74 Å². The van der Waals surface area contributed by atoms with Crippen molar-refractivity contribution in [2.45, 2.75) is 31.8 Å². The molecule has 0 spiro atoms. The molecule has 1 heterocycles. The maximum absolute atomic E-state index is 11.3. The summed E-state index contributed by atoms with van der Waals surface area (Å²) in [4.78, 5) is 13.7. The fourth-order valence-electron chi connectivity index (χ4n) is 2.34. The van der Waals surface area contributed by atoms with Crippen LogP contribution in [0.2, 0.25) is 0 Å². The molecule has 0 bridgehead atoms. The number of urea groups is 1. The molecule has 0 atom stereocenters. The summed E-state index contributed by atoms with van der Waals surface area (Å²) in [5, 5.41) is 5.73. The summed E-state index contributed by atoms with van der Waals surface area (Å²) in [5.41, 5.74) is 0. The van der Waals surface area contributed by atoms with Crippen LogP contribution in [-0.4, -0.2) is 55.9 Å². The second kappa shape index (κ2) is 5.50. The molecule has 2 rings (SSSR count). The van der Waals surface area contributed by atoms with Crippen LogP contribution in [0, 0.1) is 0 Å².